The fourth-order valence-corrected chi connectivity index (χ4v) is 5.34. The number of aromatic nitrogens is 2. The number of H-pyrrole nitrogens is 1. The quantitative estimate of drug-likeness (QED) is 0.808. The molecule has 4 rings (SSSR count). The number of piperidine rings is 1. The zero-order valence-corrected chi connectivity index (χ0v) is 17.2. The largest absolute Gasteiger partial charge is 0.328 e. The van der Waals surface area contributed by atoms with Gasteiger partial charge in [0, 0.05) is 18.7 Å². The molecule has 28 heavy (non-hydrogen) atoms. The first-order valence-corrected chi connectivity index (χ1v) is 12.0. The van der Waals surface area contributed by atoms with Gasteiger partial charge in [-0.15, -0.1) is 11.3 Å². The number of carbonyl (C=O) groups excluding carboxylic acids is 1. The van der Waals surface area contributed by atoms with Crippen molar-refractivity contribution in [2.45, 2.75) is 38.3 Å². The lowest BCUT2D eigenvalue weighted by molar-refractivity contribution is 0.0604. The molecule has 1 fully saturated rings. The number of fused-ring (bicyclic) bond motifs is 1. The van der Waals surface area contributed by atoms with Gasteiger partial charge in [0.15, 0.2) is 0 Å². The van der Waals surface area contributed by atoms with Gasteiger partial charge in [0.25, 0.3) is 11.5 Å². The third-order valence-corrected chi connectivity index (χ3v) is 7.44. The van der Waals surface area contributed by atoms with Crippen LogP contribution in [0, 0.1) is 0 Å². The highest BCUT2D eigenvalue weighted by Gasteiger charge is 2.33. The molecule has 2 aliphatic rings. The number of sulfonamides is 1. The van der Waals surface area contributed by atoms with Crippen LogP contribution in [0.3, 0.4) is 0 Å². The topological polar surface area (TPSA) is 103 Å². The Morgan fingerprint density at radius 1 is 1.32 bits per heavy atom. The van der Waals surface area contributed by atoms with Crippen molar-refractivity contribution in [3.05, 3.63) is 49.8 Å². The Bertz CT molecular complexity index is 1050. The van der Waals surface area contributed by atoms with Crippen LogP contribution in [-0.2, 0) is 23.0 Å². The monoisotopic (exact) mass is 422 g/mol. The predicted octanol–water partition coefficient (Wildman–Crippen LogP) is 1.52. The van der Waals surface area contributed by atoms with Crippen molar-refractivity contribution in [1.82, 2.24) is 19.2 Å². The molecule has 2 aromatic rings. The predicted molar refractivity (Wildman–Crippen MR) is 106 cm³/mol. The molecule has 0 bridgehead atoms. The molecule has 0 spiro atoms. The number of aromatic amines is 1. The molecule has 10 heteroatoms. The van der Waals surface area contributed by atoms with Crippen LogP contribution in [0.2, 0.25) is 0 Å². The average Bonchev–Trinajstić information content (AvgIpc) is 3.21. The summed E-state index contributed by atoms with van der Waals surface area (Å²) in [5.41, 5.74) is 0.794. The summed E-state index contributed by atoms with van der Waals surface area (Å²) in [5.74, 6) is 0.390. The maximum atomic E-state index is 12.9. The van der Waals surface area contributed by atoms with E-state index in [0.29, 0.717) is 41.3 Å². The molecule has 2 aromatic heterocycles. The number of thiophene rings is 1. The van der Waals surface area contributed by atoms with E-state index in [-0.39, 0.29) is 30.6 Å². The highest BCUT2D eigenvalue weighted by atomic mass is 32.2. The van der Waals surface area contributed by atoms with Crippen molar-refractivity contribution in [3.8, 4) is 0 Å². The molecule has 0 saturated carbocycles. The Labute approximate surface area is 167 Å². The standard InChI is InChI=1S/C18H22N4O4S2/c1-28(25,26)21-9-7-12-13(11-21)19-16(20-17(12)23)14-5-2-3-8-22(14)18(24)15-6-4-10-27-15/h4,6,10,14H,2-3,5,7-9,11H2,1H3,(H,19,20,23). The summed E-state index contributed by atoms with van der Waals surface area (Å²) in [7, 11) is -3.36. The van der Waals surface area contributed by atoms with Gasteiger partial charge in [-0.3, -0.25) is 9.59 Å². The number of amides is 1. The second-order valence-electron chi connectivity index (χ2n) is 7.21. The van der Waals surface area contributed by atoms with E-state index in [0.717, 1.165) is 19.1 Å². The van der Waals surface area contributed by atoms with Gasteiger partial charge in [-0.25, -0.2) is 13.4 Å². The molecule has 150 valence electrons. The van der Waals surface area contributed by atoms with Gasteiger partial charge in [0.1, 0.15) is 5.82 Å². The lowest BCUT2D eigenvalue weighted by Gasteiger charge is -2.35. The number of hydrogen-bond acceptors (Lipinski definition) is 6. The average molecular weight is 423 g/mol. The summed E-state index contributed by atoms with van der Waals surface area (Å²) in [5, 5.41) is 1.87. The fourth-order valence-electron chi connectivity index (χ4n) is 3.88. The first-order chi connectivity index (χ1) is 13.3. The van der Waals surface area contributed by atoms with Crippen LogP contribution in [0.1, 0.15) is 52.1 Å². The van der Waals surface area contributed by atoms with Gasteiger partial charge in [-0.1, -0.05) is 6.07 Å². The van der Waals surface area contributed by atoms with E-state index in [1.165, 1.54) is 15.6 Å². The zero-order chi connectivity index (χ0) is 19.9. The minimum absolute atomic E-state index is 0.0576. The Balaban J connectivity index is 1.69. The Morgan fingerprint density at radius 3 is 2.86 bits per heavy atom. The summed E-state index contributed by atoms with van der Waals surface area (Å²) in [6, 6.07) is 3.33. The number of rotatable bonds is 3. The van der Waals surface area contributed by atoms with Crippen molar-refractivity contribution in [2.75, 3.05) is 19.3 Å². The van der Waals surface area contributed by atoms with Crippen LogP contribution in [-0.4, -0.2) is 52.8 Å². The molecule has 4 heterocycles. The molecule has 1 unspecified atom stereocenters. The second kappa shape index (κ2) is 7.41. The van der Waals surface area contributed by atoms with E-state index in [4.69, 9.17) is 0 Å². The SMILES string of the molecule is CS(=O)(=O)N1CCc2c(nc(C3CCCCN3C(=O)c3cccs3)[nH]c2=O)C1. The van der Waals surface area contributed by atoms with Gasteiger partial charge in [-0.2, -0.15) is 4.31 Å². The fraction of sp³-hybridized carbons (Fsp3) is 0.500. The zero-order valence-electron chi connectivity index (χ0n) is 15.6. The smallest absolute Gasteiger partial charge is 0.264 e. The first kappa shape index (κ1) is 19.3. The van der Waals surface area contributed by atoms with Crippen LogP contribution >= 0.6 is 11.3 Å². The van der Waals surface area contributed by atoms with E-state index in [1.807, 2.05) is 11.4 Å². The van der Waals surface area contributed by atoms with E-state index in [9.17, 15) is 18.0 Å². The van der Waals surface area contributed by atoms with Gasteiger partial charge >= 0.3 is 0 Å². The van der Waals surface area contributed by atoms with Crippen molar-refractivity contribution >= 4 is 27.3 Å². The van der Waals surface area contributed by atoms with Crippen LogP contribution in [0.4, 0.5) is 0 Å². The van der Waals surface area contributed by atoms with Gasteiger partial charge in [0.05, 0.1) is 29.4 Å². The van der Waals surface area contributed by atoms with Gasteiger partial charge < -0.3 is 9.88 Å². The summed E-state index contributed by atoms with van der Waals surface area (Å²) >= 11 is 1.39. The minimum atomic E-state index is -3.36. The molecule has 1 amide bonds. The molecule has 1 N–H and O–H groups in total. The lowest BCUT2D eigenvalue weighted by Crippen LogP contribution is -2.42. The van der Waals surface area contributed by atoms with E-state index >= 15 is 0 Å². The third kappa shape index (κ3) is 3.63. The molecular formula is C18H22N4O4S2. The second-order valence-corrected chi connectivity index (χ2v) is 10.1. The third-order valence-electron chi connectivity index (χ3n) is 5.34. The van der Waals surface area contributed by atoms with E-state index < -0.39 is 10.0 Å². The number of likely N-dealkylation sites (tertiary alicyclic amines) is 1. The molecule has 0 radical (unpaired) electrons. The Hall–Kier alpha value is -2.04. The normalized spacial score (nSPS) is 20.8. The van der Waals surface area contributed by atoms with Crippen molar-refractivity contribution in [2.24, 2.45) is 0 Å². The number of nitrogens with zero attached hydrogens (tertiary/aromatic N) is 3. The Kier molecular flexibility index (Phi) is 5.11. The highest BCUT2D eigenvalue weighted by molar-refractivity contribution is 7.88. The van der Waals surface area contributed by atoms with E-state index in [1.54, 1.807) is 11.0 Å². The molecule has 8 nitrogen and oxygen atoms in total. The van der Waals surface area contributed by atoms with Crippen LogP contribution < -0.4 is 5.56 Å². The minimum Gasteiger partial charge on any atom is -0.328 e. The lowest BCUT2D eigenvalue weighted by atomic mass is 10.00. The van der Waals surface area contributed by atoms with Gasteiger partial charge in [0.2, 0.25) is 10.0 Å². The van der Waals surface area contributed by atoms with Crippen LogP contribution in [0.25, 0.3) is 0 Å². The molecule has 1 saturated heterocycles. The number of hydrogen-bond donors (Lipinski definition) is 1. The number of carbonyl (C=O) groups is 1. The summed E-state index contributed by atoms with van der Waals surface area (Å²) in [6.45, 7) is 0.983. The highest BCUT2D eigenvalue weighted by Crippen LogP contribution is 2.31. The molecule has 0 aliphatic carbocycles. The molecule has 1 atom stereocenters. The first-order valence-electron chi connectivity index (χ1n) is 9.26. The number of nitrogens with one attached hydrogen (secondary N) is 1. The molecular weight excluding hydrogens is 400 g/mol. The van der Waals surface area contributed by atoms with Crippen molar-refractivity contribution < 1.29 is 13.2 Å². The molecule has 0 aromatic carbocycles. The maximum absolute atomic E-state index is 12.9. The summed E-state index contributed by atoms with van der Waals surface area (Å²) in [4.78, 5) is 35.5. The van der Waals surface area contributed by atoms with Crippen LogP contribution in [0.5, 0.6) is 0 Å². The maximum Gasteiger partial charge on any atom is 0.264 e. The van der Waals surface area contributed by atoms with Crippen molar-refractivity contribution in [1.29, 1.82) is 0 Å². The molecule has 2 aliphatic heterocycles. The van der Waals surface area contributed by atoms with Crippen LogP contribution in [0.15, 0.2) is 22.3 Å². The summed E-state index contributed by atoms with van der Waals surface area (Å²) < 4.78 is 25.1. The van der Waals surface area contributed by atoms with Gasteiger partial charge in [-0.05, 0) is 37.1 Å². The summed E-state index contributed by atoms with van der Waals surface area (Å²) in [6.07, 6.45) is 4.07. The Morgan fingerprint density at radius 2 is 2.14 bits per heavy atom. The van der Waals surface area contributed by atoms with Crippen molar-refractivity contribution in [3.63, 3.8) is 0 Å². The van der Waals surface area contributed by atoms with E-state index in [2.05, 4.69) is 9.97 Å².